The molecular formula is C19H14F3N7S. The van der Waals surface area contributed by atoms with E-state index in [4.69, 9.17) is 5.26 Å². The van der Waals surface area contributed by atoms with E-state index in [0.29, 0.717) is 5.69 Å². The Kier molecular flexibility index (Phi) is 5.09. The second kappa shape index (κ2) is 7.72. The van der Waals surface area contributed by atoms with Crippen molar-refractivity contribution < 1.29 is 13.2 Å². The summed E-state index contributed by atoms with van der Waals surface area (Å²) < 4.78 is 44.9. The van der Waals surface area contributed by atoms with Gasteiger partial charge in [0.15, 0.2) is 0 Å². The largest absolute Gasteiger partial charge is 0.433 e. The third kappa shape index (κ3) is 3.81. The molecule has 1 aromatic carbocycles. The quantitative estimate of drug-likeness (QED) is 0.475. The zero-order chi connectivity index (χ0) is 21.3. The van der Waals surface area contributed by atoms with Crippen LogP contribution in [0.2, 0.25) is 0 Å². The standard InChI is InChI=1S/C19H14F3N7S/c1-28-17-13(9-25-28)3-2-12(4-6-23)18(17)30-27-14-10-26-29(11-14)15-5-7-24-16(8-15)19(20,21)22/h2-3,5,7-11,27H,4H2,1H3. The van der Waals surface area contributed by atoms with Gasteiger partial charge in [0.1, 0.15) is 5.69 Å². The van der Waals surface area contributed by atoms with E-state index in [0.717, 1.165) is 33.6 Å². The number of rotatable bonds is 5. The first-order chi connectivity index (χ1) is 14.4. The number of anilines is 1. The maximum atomic E-state index is 12.9. The Balaban J connectivity index is 1.60. The van der Waals surface area contributed by atoms with Gasteiger partial charge in [-0.2, -0.15) is 28.6 Å². The van der Waals surface area contributed by atoms with Crippen LogP contribution < -0.4 is 4.72 Å². The number of aromatic nitrogens is 5. The van der Waals surface area contributed by atoms with Crippen LogP contribution in [0.1, 0.15) is 11.3 Å². The fourth-order valence-corrected chi connectivity index (χ4v) is 3.90. The Bertz CT molecular complexity index is 1250. The van der Waals surface area contributed by atoms with Gasteiger partial charge < -0.3 is 4.72 Å². The normalized spacial score (nSPS) is 11.6. The number of nitrogens with zero attached hydrogens (tertiary/aromatic N) is 6. The highest BCUT2D eigenvalue weighted by atomic mass is 32.2. The molecule has 0 unspecified atom stereocenters. The van der Waals surface area contributed by atoms with E-state index < -0.39 is 11.9 Å². The molecule has 0 amide bonds. The molecule has 11 heteroatoms. The molecule has 0 atom stereocenters. The molecule has 0 spiro atoms. The molecule has 4 rings (SSSR count). The number of alkyl halides is 3. The molecule has 3 heterocycles. The number of pyridine rings is 1. The van der Waals surface area contributed by atoms with Gasteiger partial charge in [0.25, 0.3) is 0 Å². The van der Waals surface area contributed by atoms with E-state index in [9.17, 15) is 13.2 Å². The lowest BCUT2D eigenvalue weighted by Crippen LogP contribution is -2.08. The third-order valence-electron chi connectivity index (χ3n) is 4.36. The molecule has 0 fully saturated rings. The lowest BCUT2D eigenvalue weighted by atomic mass is 10.1. The Morgan fingerprint density at radius 2 is 2.03 bits per heavy atom. The predicted octanol–water partition coefficient (Wildman–Crippen LogP) is 4.36. The van der Waals surface area contributed by atoms with E-state index in [-0.39, 0.29) is 12.1 Å². The lowest BCUT2D eigenvalue weighted by molar-refractivity contribution is -0.141. The molecule has 4 aromatic rings. The zero-order valence-electron chi connectivity index (χ0n) is 15.6. The monoisotopic (exact) mass is 429 g/mol. The first kappa shape index (κ1) is 19.8. The summed E-state index contributed by atoms with van der Waals surface area (Å²) in [5, 5.41) is 18.5. The second-order valence-corrected chi connectivity index (χ2v) is 7.19. The average molecular weight is 429 g/mol. The SMILES string of the molecule is Cn1ncc2ccc(CC#N)c(SNc3cnn(-c4ccnc(C(F)(F)F)c4)c3)c21. The van der Waals surface area contributed by atoms with Gasteiger partial charge in [-0.05, 0) is 29.6 Å². The molecule has 7 nitrogen and oxygen atoms in total. The minimum absolute atomic E-state index is 0.238. The van der Waals surface area contributed by atoms with Gasteiger partial charge in [-0.25, -0.2) is 4.68 Å². The summed E-state index contributed by atoms with van der Waals surface area (Å²) in [6.45, 7) is 0. The lowest BCUT2D eigenvalue weighted by Gasteiger charge is -2.10. The number of benzene rings is 1. The van der Waals surface area contributed by atoms with Crippen LogP contribution in [0, 0.1) is 11.3 Å². The van der Waals surface area contributed by atoms with Crippen LogP contribution in [0.5, 0.6) is 0 Å². The van der Waals surface area contributed by atoms with E-state index >= 15 is 0 Å². The molecule has 0 saturated heterocycles. The average Bonchev–Trinajstić information content (AvgIpc) is 3.34. The Labute approximate surface area is 173 Å². The number of nitriles is 1. The molecule has 30 heavy (non-hydrogen) atoms. The van der Waals surface area contributed by atoms with Crippen LogP contribution >= 0.6 is 11.9 Å². The van der Waals surface area contributed by atoms with Crippen molar-refractivity contribution in [3.05, 3.63) is 60.3 Å². The minimum atomic E-state index is -4.53. The molecule has 0 radical (unpaired) electrons. The zero-order valence-corrected chi connectivity index (χ0v) is 16.4. The van der Waals surface area contributed by atoms with Gasteiger partial charge in [0.2, 0.25) is 0 Å². The van der Waals surface area contributed by atoms with Gasteiger partial charge in [-0.3, -0.25) is 9.67 Å². The molecule has 0 aliphatic carbocycles. The van der Waals surface area contributed by atoms with Crippen LogP contribution in [0.15, 0.2) is 53.9 Å². The first-order valence-electron chi connectivity index (χ1n) is 8.68. The van der Waals surface area contributed by atoms with Crippen molar-refractivity contribution >= 4 is 28.5 Å². The number of hydrogen-bond donors (Lipinski definition) is 1. The Hall–Kier alpha value is -3.52. The molecule has 1 N–H and O–H groups in total. The summed E-state index contributed by atoms with van der Waals surface area (Å²) in [5.41, 5.74) is 1.59. The van der Waals surface area contributed by atoms with Crippen LogP contribution in [0.3, 0.4) is 0 Å². The summed E-state index contributed by atoms with van der Waals surface area (Å²) in [5.74, 6) is 0. The molecule has 0 bridgehead atoms. The van der Waals surface area contributed by atoms with Crippen molar-refractivity contribution in [2.45, 2.75) is 17.5 Å². The van der Waals surface area contributed by atoms with Gasteiger partial charge >= 0.3 is 6.18 Å². The molecule has 3 aromatic heterocycles. The number of nitrogens with one attached hydrogen (secondary N) is 1. The Morgan fingerprint density at radius 1 is 1.20 bits per heavy atom. The van der Waals surface area contributed by atoms with Crippen LogP contribution in [-0.2, 0) is 19.6 Å². The summed E-state index contributed by atoms with van der Waals surface area (Å²) in [6.07, 6.45) is 1.64. The van der Waals surface area contributed by atoms with Crippen LogP contribution in [0.4, 0.5) is 18.9 Å². The smallest absolute Gasteiger partial charge is 0.323 e. The van der Waals surface area contributed by atoms with Crippen LogP contribution in [-0.4, -0.2) is 24.5 Å². The fourth-order valence-electron chi connectivity index (χ4n) is 2.95. The molecule has 0 aliphatic rings. The number of halogens is 3. The van der Waals surface area contributed by atoms with E-state index in [2.05, 4.69) is 26.0 Å². The van der Waals surface area contributed by atoms with Gasteiger partial charge in [0, 0.05) is 18.6 Å². The molecule has 152 valence electrons. The number of aryl methyl sites for hydroxylation is 1. The molecule has 0 saturated carbocycles. The van der Waals surface area contributed by atoms with E-state index in [1.54, 1.807) is 17.1 Å². The minimum Gasteiger partial charge on any atom is -0.323 e. The summed E-state index contributed by atoms with van der Waals surface area (Å²) in [7, 11) is 1.82. The topological polar surface area (TPSA) is 84.4 Å². The highest BCUT2D eigenvalue weighted by Crippen LogP contribution is 2.33. The van der Waals surface area contributed by atoms with Crippen LogP contribution in [0.25, 0.3) is 16.6 Å². The van der Waals surface area contributed by atoms with Crippen molar-refractivity contribution in [1.29, 1.82) is 5.26 Å². The fraction of sp³-hybridized carbons (Fsp3) is 0.158. The Morgan fingerprint density at radius 3 is 2.80 bits per heavy atom. The summed E-state index contributed by atoms with van der Waals surface area (Å²) in [4.78, 5) is 4.21. The highest BCUT2D eigenvalue weighted by molar-refractivity contribution is 8.00. The van der Waals surface area contributed by atoms with E-state index in [1.807, 2.05) is 19.2 Å². The third-order valence-corrected chi connectivity index (χ3v) is 5.36. The number of fused-ring (bicyclic) bond motifs is 1. The summed E-state index contributed by atoms with van der Waals surface area (Å²) >= 11 is 1.30. The molecular weight excluding hydrogens is 415 g/mol. The van der Waals surface area contributed by atoms with Crippen molar-refractivity contribution in [1.82, 2.24) is 24.5 Å². The van der Waals surface area contributed by atoms with Crippen molar-refractivity contribution in [3.8, 4) is 11.8 Å². The van der Waals surface area contributed by atoms with Crippen molar-refractivity contribution in [2.75, 3.05) is 4.72 Å². The first-order valence-corrected chi connectivity index (χ1v) is 9.50. The maximum absolute atomic E-state index is 12.9. The summed E-state index contributed by atoms with van der Waals surface area (Å²) in [6, 6.07) is 8.34. The van der Waals surface area contributed by atoms with Gasteiger partial charge in [0.05, 0.1) is 52.9 Å². The highest BCUT2D eigenvalue weighted by Gasteiger charge is 2.32. The maximum Gasteiger partial charge on any atom is 0.433 e. The van der Waals surface area contributed by atoms with Gasteiger partial charge in [-0.15, -0.1) is 0 Å². The van der Waals surface area contributed by atoms with E-state index in [1.165, 1.54) is 28.9 Å². The van der Waals surface area contributed by atoms with Crippen molar-refractivity contribution in [3.63, 3.8) is 0 Å². The molecule has 0 aliphatic heterocycles. The van der Waals surface area contributed by atoms with Crippen molar-refractivity contribution in [2.24, 2.45) is 7.05 Å². The van der Waals surface area contributed by atoms with Gasteiger partial charge in [-0.1, -0.05) is 12.1 Å². The second-order valence-electron chi connectivity index (χ2n) is 6.37. The number of hydrogen-bond acceptors (Lipinski definition) is 6. The predicted molar refractivity (Wildman–Crippen MR) is 106 cm³/mol.